The van der Waals surface area contributed by atoms with Gasteiger partial charge in [-0.2, -0.15) is 0 Å². The molecular formula is C17H25ClN2O. The van der Waals surface area contributed by atoms with E-state index in [0.29, 0.717) is 5.88 Å². The maximum absolute atomic E-state index is 12.8. The summed E-state index contributed by atoms with van der Waals surface area (Å²) >= 11 is 5.82. The van der Waals surface area contributed by atoms with Gasteiger partial charge in [0, 0.05) is 32.1 Å². The van der Waals surface area contributed by atoms with Crippen molar-refractivity contribution in [2.24, 2.45) is 0 Å². The molecule has 1 saturated heterocycles. The molecule has 4 heteroatoms. The maximum Gasteiger partial charge on any atom is 0.230 e. The number of halogens is 1. The molecule has 1 aromatic carbocycles. The van der Waals surface area contributed by atoms with E-state index in [1.807, 2.05) is 23.1 Å². The van der Waals surface area contributed by atoms with E-state index in [4.69, 9.17) is 11.6 Å². The van der Waals surface area contributed by atoms with Gasteiger partial charge < -0.3 is 9.80 Å². The monoisotopic (exact) mass is 308 g/mol. The second kappa shape index (κ2) is 8.40. The molecule has 116 valence electrons. The van der Waals surface area contributed by atoms with Crippen molar-refractivity contribution in [2.75, 3.05) is 38.6 Å². The summed E-state index contributed by atoms with van der Waals surface area (Å²) in [6, 6.07) is 10.1. The average molecular weight is 309 g/mol. The first-order valence-electron chi connectivity index (χ1n) is 7.88. The van der Waals surface area contributed by atoms with Crippen molar-refractivity contribution in [1.29, 1.82) is 0 Å². The van der Waals surface area contributed by atoms with Gasteiger partial charge in [-0.15, -0.1) is 11.6 Å². The highest BCUT2D eigenvalue weighted by Gasteiger charge is 2.25. The molecule has 0 aliphatic carbocycles. The summed E-state index contributed by atoms with van der Waals surface area (Å²) in [4.78, 5) is 17.2. The van der Waals surface area contributed by atoms with E-state index in [1.165, 1.54) is 0 Å². The van der Waals surface area contributed by atoms with Crippen LogP contribution in [-0.2, 0) is 4.79 Å². The Labute approximate surface area is 132 Å². The van der Waals surface area contributed by atoms with Gasteiger partial charge in [0.25, 0.3) is 0 Å². The van der Waals surface area contributed by atoms with E-state index in [1.54, 1.807) is 0 Å². The molecule has 1 heterocycles. The Hall–Kier alpha value is -1.06. The summed E-state index contributed by atoms with van der Waals surface area (Å²) in [7, 11) is 0. The lowest BCUT2D eigenvalue weighted by Gasteiger charge is -2.26. The van der Waals surface area contributed by atoms with E-state index in [2.05, 4.69) is 24.0 Å². The number of hydrogen-bond donors (Lipinski definition) is 0. The third-order valence-electron chi connectivity index (χ3n) is 4.21. The average Bonchev–Trinajstić information content (AvgIpc) is 2.75. The topological polar surface area (TPSA) is 23.6 Å². The van der Waals surface area contributed by atoms with Crippen molar-refractivity contribution in [3.63, 3.8) is 0 Å². The first-order valence-corrected chi connectivity index (χ1v) is 8.41. The molecule has 21 heavy (non-hydrogen) atoms. The Morgan fingerprint density at radius 2 is 1.95 bits per heavy atom. The van der Waals surface area contributed by atoms with Gasteiger partial charge in [0.05, 0.1) is 5.92 Å². The highest BCUT2D eigenvalue weighted by molar-refractivity contribution is 6.18. The highest BCUT2D eigenvalue weighted by Crippen LogP contribution is 2.22. The maximum atomic E-state index is 12.8. The fourth-order valence-corrected chi connectivity index (χ4v) is 3.23. The first kappa shape index (κ1) is 16.3. The summed E-state index contributed by atoms with van der Waals surface area (Å²) in [6.07, 6.45) is 1.89. The van der Waals surface area contributed by atoms with Crippen molar-refractivity contribution in [3.05, 3.63) is 35.9 Å². The van der Waals surface area contributed by atoms with Crippen molar-refractivity contribution >= 4 is 17.5 Å². The molecule has 1 aliphatic rings. The minimum atomic E-state index is -0.00854. The van der Waals surface area contributed by atoms with Crippen LogP contribution >= 0.6 is 11.6 Å². The summed E-state index contributed by atoms with van der Waals surface area (Å²) in [6.45, 7) is 6.66. The summed E-state index contributed by atoms with van der Waals surface area (Å²) in [5, 5.41) is 0. The van der Waals surface area contributed by atoms with Gasteiger partial charge in [0.2, 0.25) is 5.91 Å². The van der Waals surface area contributed by atoms with Gasteiger partial charge in [-0.1, -0.05) is 37.3 Å². The van der Waals surface area contributed by atoms with E-state index in [0.717, 1.165) is 51.1 Å². The number of hydrogen-bond acceptors (Lipinski definition) is 2. The van der Waals surface area contributed by atoms with Crippen molar-refractivity contribution in [2.45, 2.75) is 25.7 Å². The van der Waals surface area contributed by atoms with Crippen LogP contribution in [0.4, 0.5) is 0 Å². The molecule has 0 saturated carbocycles. The third-order valence-corrected chi connectivity index (χ3v) is 4.38. The van der Waals surface area contributed by atoms with Crippen LogP contribution in [-0.4, -0.2) is 54.3 Å². The fourth-order valence-electron chi connectivity index (χ4n) is 2.99. The molecule has 0 aromatic heterocycles. The zero-order valence-electron chi connectivity index (χ0n) is 12.8. The summed E-state index contributed by atoms with van der Waals surface area (Å²) in [5.74, 6) is 0.928. The number of amides is 1. The summed E-state index contributed by atoms with van der Waals surface area (Å²) in [5.41, 5.74) is 1.13. The number of carbonyl (C=O) groups is 1. The second-order valence-electron chi connectivity index (χ2n) is 5.58. The van der Waals surface area contributed by atoms with E-state index < -0.39 is 0 Å². The minimum absolute atomic E-state index is 0.00854. The van der Waals surface area contributed by atoms with Gasteiger partial charge in [-0.3, -0.25) is 4.79 Å². The Balaban J connectivity index is 2.01. The number of rotatable bonds is 5. The molecule has 1 fully saturated rings. The van der Waals surface area contributed by atoms with Gasteiger partial charge in [-0.05, 0) is 24.9 Å². The molecule has 1 amide bonds. The quantitative estimate of drug-likeness (QED) is 0.781. The zero-order valence-corrected chi connectivity index (χ0v) is 13.6. The van der Waals surface area contributed by atoms with Crippen LogP contribution in [0.2, 0.25) is 0 Å². The van der Waals surface area contributed by atoms with E-state index in [9.17, 15) is 4.79 Å². The molecule has 1 aromatic rings. The highest BCUT2D eigenvalue weighted by atomic mass is 35.5. The molecule has 1 atom stereocenters. The number of benzene rings is 1. The predicted octanol–water partition coefficient (Wildman–Crippen LogP) is 2.95. The van der Waals surface area contributed by atoms with Crippen molar-refractivity contribution in [3.8, 4) is 0 Å². The van der Waals surface area contributed by atoms with Crippen LogP contribution in [0.25, 0.3) is 0 Å². The van der Waals surface area contributed by atoms with Gasteiger partial charge >= 0.3 is 0 Å². The molecule has 0 bridgehead atoms. The Bertz CT molecular complexity index is 438. The lowest BCUT2D eigenvalue weighted by molar-refractivity contribution is -0.132. The van der Waals surface area contributed by atoms with Crippen molar-refractivity contribution < 1.29 is 4.79 Å². The largest absolute Gasteiger partial charge is 0.341 e. The Morgan fingerprint density at radius 3 is 2.62 bits per heavy atom. The molecule has 0 N–H and O–H groups in total. The third kappa shape index (κ3) is 4.45. The van der Waals surface area contributed by atoms with Crippen LogP contribution in [0.3, 0.4) is 0 Å². The number of alkyl halides is 1. The van der Waals surface area contributed by atoms with Crippen LogP contribution in [0.15, 0.2) is 30.3 Å². The van der Waals surface area contributed by atoms with Gasteiger partial charge in [0.15, 0.2) is 0 Å². The van der Waals surface area contributed by atoms with Crippen LogP contribution in [0.5, 0.6) is 0 Å². The first-order chi connectivity index (χ1) is 10.3. The molecule has 0 spiro atoms. The SMILES string of the molecule is CCC(C(=O)N1CCCN(CCCl)CC1)c1ccccc1. The predicted molar refractivity (Wildman–Crippen MR) is 87.8 cm³/mol. The summed E-state index contributed by atoms with van der Waals surface area (Å²) < 4.78 is 0. The second-order valence-corrected chi connectivity index (χ2v) is 5.96. The van der Waals surface area contributed by atoms with Gasteiger partial charge in [-0.25, -0.2) is 0 Å². The normalized spacial score (nSPS) is 18.3. The minimum Gasteiger partial charge on any atom is -0.341 e. The van der Waals surface area contributed by atoms with E-state index >= 15 is 0 Å². The number of nitrogens with zero attached hydrogens (tertiary/aromatic N) is 2. The molecule has 3 nitrogen and oxygen atoms in total. The molecular weight excluding hydrogens is 284 g/mol. The Kier molecular flexibility index (Phi) is 6.52. The van der Waals surface area contributed by atoms with Crippen LogP contribution in [0, 0.1) is 0 Å². The fraction of sp³-hybridized carbons (Fsp3) is 0.588. The van der Waals surface area contributed by atoms with Crippen LogP contribution < -0.4 is 0 Å². The Morgan fingerprint density at radius 1 is 1.19 bits per heavy atom. The smallest absolute Gasteiger partial charge is 0.230 e. The van der Waals surface area contributed by atoms with Crippen LogP contribution in [0.1, 0.15) is 31.2 Å². The molecule has 1 unspecified atom stereocenters. The van der Waals surface area contributed by atoms with E-state index in [-0.39, 0.29) is 11.8 Å². The molecule has 2 rings (SSSR count). The van der Waals surface area contributed by atoms with Gasteiger partial charge in [0.1, 0.15) is 0 Å². The molecule has 1 aliphatic heterocycles. The van der Waals surface area contributed by atoms with Crippen molar-refractivity contribution in [1.82, 2.24) is 9.80 Å². The number of carbonyl (C=O) groups excluding carboxylic acids is 1. The molecule has 0 radical (unpaired) electrons. The lowest BCUT2D eigenvalue weighted by atomic mass is 9.95. The zero-order chi connectivity index (χ0) is 15.1. The lowest BCUT2D eigenvalue weighted by Crippen LogP contribution is -2.38. The standard InChI is InChI=1S/C17H25ClN2O/c1-2-16(15-7-4-3-5-8-15)17(21)20-11-6-10-19(12-9-18)13-14-20/h3-5,7-8,16H,2,6,9-14H2,1H3.